The number of esters is 1. The molecule has 0 bridgehead atoms. The molecule has 0 radical (unpaired) electrons. The van der Waals surface area contributed by atoms with Gasteiger partial charge in [0.05, 0.1) is 31.5 Å². The van der Waals surface area contributed by atoms with Crippen LogP contribution in [0.2, 0.25) is 5.02 Å². The summed E-state index contributed by atoms with van der Waals surface area (Å²) >= 11 is 5.80. The molecule has 0 aliphatic carbocycles. The SMILES string of the molecule is CCOc1ccc(C(=O)Oc2ccc(/C=N/NC(=O)CNC(=O)c3ccc(Cl)cc3)cc2OCC)cc1. The molecular weight excluding hydrogens is 498 g/mol. The van der Waals surface area contributed by atoms with Gasteiger partial charge in [-0.1, -0.05) is 11.6 Å². The fraction of sp³-hybridized carbons (Fsp3) is 0.185. The minimum atomic E-state index is -0.543. The summed E-state index contributed by atoms with van der Waals surface area (Å²) in [6.07, 6.45) is 1.40. The van der Waals surface area contributed by atoms with E-state index in [1.165, 1.54) is 6.21 Å². The molecule has 0 saturated heterocycles. The normalized spacial score (nSPS) is 10.6. The van der Waals surface area contributed by atoms with Crippen LogP contribution in [0.5, 0.6) is 17.2 Å². The van der Waals surface area contributed by atoms with E-state index in [0.717, 1.165) is 0 Å². The molecule has 3 aromatic rings. The first-order valence-electron chi connectivity index (χ1n) is 11.5. The molecule has 2 N–H and O–H groups in total. The van der Waals surface area contributed by atoms with E-state index in [1.807, 2.05) is 6.92 Å². The van der Waals surface area contributed by atoms with Gasteiger partial charge in [-0.2, -0.15) is 5.10 Å². The van der Waals surface area contributed by atoms with E-state index in [9.17, 15) is 14.4 Å². The fourth-order valence-corrected chi connectivity index (χ4v) is 3.18. The van der Waals surface area contributed by atoms with Crippen molar-refractivity contribution in [2.75, 3.05) is 19.8 Å². The van der Waals surface area contributed by atoms with Crippen molar-refractivity contribution in [1.82, 2.24) is 10.7 Å². The van der Waals surface area contributed by atoms with Crippen LogP contribution >= 0.6 is 11.6 Å². The molecule has 0 fully saturated rings. The van der Waals surface area contributed by atoms with Crippen molar-refractivity contribution in [1.29, 1.82) is 0 Å². The van der Waals surface area contributed by atoms with Gasteiger partial charge in [0.1, 0.15) is 5.75 Å². The third-order valence-corrected chi connectivity index (χ3v) is 5.04. The van der Waals surface area contributed by atoms with Gasteiger partial charge < -0.3 is 19.5 Å². The van der Waals surface area contributed by atoms with E-state index in [0.29, 0.717) is 46.4 Å². The molecule has 0 saturated carbocycles. The number of ether oxygens (including phenoxy) is 3. The Labute approximate surface area is 219 Å². The number of halogens is 1. The van der Waals surface area contributed by atoms with Crippen molar-refractivity contribution in [2.45, 2.75) is 13.8 Å². The summed E-state index contributed by atoms with van der Waals surface area (Å²) in [5, 5.41) is 6.91. The third-order valence-electron chi connectivity index (χ3n) is 4.79. The van der Waals surface area contributed by atoms with Crippen molar-refractivity contribution in [2.24, 2.45) is 5.10 Å². The Balaban J connectivity index is 1.56. The average molecular weight is 524 g/mol. The van der Waals surface area contributed by atoms with E-state index in [1.54, 1.807) is 73.7 Å². The molecule has 3 aromatic carbocycles. The van der Waals surface area contributed by atoms with Gasteiger partial charge >= 0.3 is 5.97 Å². The largest absolute Gasteiger partial charge is 0.494 e. The van der Waals surface area contributed by atoms with Crippen molar-refractivity contribution in [3.63, 3.8) is 0 Å². The van der Waals surface area contributed by atoms with E-state index in [-0.39, 0.29) is 12.3 Å². The molecule has 2 amide bonds. The highest BCUT2D eigenvalue weighted by atomic mass is 35.5. The van der Waals surface area contributed by atoms with E-state index < -0.39 is 17.8 Å². The smallest absolute Gasteiger partial charge is 0.343 e. The molecule has 0 atom stereocenters. The number of hydrogen-bond acceptors (Lipinski definition) is 7. The first-order valence-corrected chi connectivity index (χ1v) is 11.8. The second kappa shape index (κ2) is 13.6. The van der Waals surface area contributed by atoms with Gasteiger partial charge in [-0.3, -0.25) is 9.59 Å². The van der Waals surface area contributed by atoms with E-state index >= 15 is 0 Å². The topological polar surface area (TPSA) is 115 Å². The van der Waals surface area contributed by atoms with Gasteiger partial charge in [0, 0.05) is 10.6 Å². The van der Waals surface area contributed by atoms with Crippen molar-refractivity contribution in [3.8, 4) is 17.2 Å². The third kappa shape index (κ3) is 8.36. The second-order valence-electron chi connectivity index (χ2n) is 7.47. The van der Waals surface area contributed by atoms with Crippen LogP contribution in [0, 0.1) is 0 Å². The van der Waals surface area contributed by atoms with Gasteiger partial charge in [-0.25, -0.2) is 10.2 Å². The lowest BCUT2D eigenvalue weighted by Crippen LogP contribution is -2.34. The summed E-state index contributed by atoms with van der Waals surface area (Å²) in [7, 11) is 0. The number of carbonyl (C=O) groups is 3. The number of benzene rings is 3. The number of rotatable bonds is 11. The van der Waals surface area contributed by atoms with Crippen molar-refractivity contribution >= 4 is 35.6 Å². The molecule has 0 spiro atoms. The van der Waals surface area contributed by atoms with Crippen LogP contribution in [0.1, 0.15) is 40.1 Å². The highest BCUT2D eigenvalue weighted by molar-refractivity contribution is 6.30. The molecule has 0 heterocycles. The summed E-state index contributed by atoms with van der Waals surface area (Å²) in [4.78, 5) is 36.6. The second-order valence-corrected chi connectivity index (χ2v) is 7.91. The lowest BCUT2D eigenvalue weighted by atomic mass is 10.2. The van der Waals surface area contributed by atoms with Gasteiger partial charge in [0.15, 0.2) is 11.5 Å². The first kappa shape index (κ1) is 27.2. The fourth-order valence-electron chi connectivity index (χ4n) is 3.05. The van der Waals surface area contributed by atoms with Crippen LogP contribution < -0.4 is 25.0 Å². The molecule has 10 heteroatoms. The molecule has 192 valence electrons. The summed E-state index contributed by atoms with van der Waals surface area (Å²) in [5.74, 6) is -0.219. The Hall–Kier alpha value is -4.37. The Bertz CT molecular complexity index is 1260. The Morgan fingerprint density at radius 2 is 1.54 bits per heavy atom. The lowest BCUT2D eigenvalue weighted by Gasteiger charge is -2.11. The van der Waals surface area contributed by atoms with Gasteiger partial charge in [0.2, 0.25) is 0 Å². The number of nitrogens with zero attached hydrogens (tertiary/aromatic N) is 1. The maximum atomic E-state index is 12.6. The number of amides is 2. The molecule has 3 rings (SSSR count). The monoisotopic (exact) mass is 523 g/mol. The number of carbonyl (C=O) groups excluding carboxylic acids is 3. The standard InChI is InChI=1S/C27H26ClN3O6/c1-3-35-22-12-8-20(9-13-22)27(34)37-23-14-5-18(15-24(23)36-4-2)16-30-31-25(32)17-29-26(33)19-6-10-21(28)11-7-19/h5-16H,3-4,17H2,1-2H3,(H,29,33)(H,31,32)/b30-16+. The number of nitrogens with one attached hydrogen (secondary N) is 2. The number of hydrogen-bond donors (Lipinski definition) is 2. The molecule has 9 nitrogen and oxygen atoms in total. The molecular formula is C27H26ClN3O6. The minimum Gasteiger partial charge on any atom is -0.494 e. The van der Waals surface area contributed by atoms with Crippen LogP contribution in [-0.2, 0) is 4.79 Å². The van der Waals surface area contributed by atoms with E-state index in [4.69, 9.17) is 25.8 Å². The summed E-state index contributed by atoms with van der Waals surface area (Å²) in [5.41, 5.74) is 3.68. The zero-order chi connectivity index (χ0) is 26.6. The molecule has 0 aliphatic rings. The Morgan fingerprint density at radius 3 is 2.22 bits per heavy atom. The van der Waals surface area contributed by atoms with Crippen LogP contribution in [-0.4, -0.2) is 43.8 Å². The minimum absolute atomic E-state index is 0.242. The van der Waals surface area contributed by atoms with E-state index in [2.05, 4.69) is 15.8 Å². The first-order chi connectivity index (χ1) is 17.9. The predicted octanol–water partition coefficient (Wildman–Crippen LogP) is 4.24. The quantitative estimate of drug-likeness (QED) is 0.168. The Kier molecular flexibility index (Phi) is 10.0. The summed E-state index contributed by atoms with van der Waals surface area (Å²) in [6, 6.07) is 17.8. The van der Waals surface area contributed by atoms with Crippen molar-refractivity contribution in [3.05, 3.63) is 88.4 Å². The van der Waals surface area contributed by atoms with Crippen LogP contribution in [0.15, 0.2) is 71.8 Å². The van der Waals surface area contributed by atoms with Crippen LogP contribution in [0.4, 0.5) is 0 Å². The highest BCUT2D eigenvalue weighted by Gasteiger charge is 2.14. The zero-order valence-corrected chi connectivity index (χ0v) is 21.1. The average Bonchev–Trinajstić information content (AvgIpc) is 2.90. The molecule has 0 aliphatic heterocycles. The predicted molar refractivity (Wildman–Crippen MR) is 140 cm³/mol. The molecule has 37 heavy (non-hydrogen) atoms. The van der Waals surface area contributed by atoms with Gasteiger partial charge in [-0.15, -0.1) is 0 Å². The van der Waals surface area contributed by atoms with Gasteiger partial charge in [-0.05, 0) is 86.1 Å². The van der Waals surface area contributed by atoms with Gasteiger partial charge in [0.25, 0.3) is 11.8 Å². The lowest BCUT2D eigenvalue weighted by molar-refractivity contribution is -0.120. The van der Waals surface area contributed by atoms with Crippen LogP contribution in [0.3, 0.4) is 0 Å². The molecule has 0 unspecified atom stereocenters. The maximum Gasteiger partial charge on any atom is 0.343 e. The Morgan fingerprint density at radius 1 is 0.865 bits per heavy atom. The highest BCUT2D eigenvalue weighted by Crippen LogP contribution is 2.29. The number of hydrazone groups is 1. The molecule has 0 aromatic heterocycles. The zero-order valence-electron chi connectivity index (χ0n) is 20.3. The summed E-state index contributed by atoms with van der Waals surface area (Å²) in [6.45, 7) is 4.30. The van der Waals surface area contributed by atoms with Crippen LogP contribution in [0.25, 0.3) is 0 Å². The van der Waals surface area contributed by atoms with Crippen molar-refractivity contribution < 1.29 is 28.6 Å². The maximum absolute atomic E-state index is 12.6. The summed E-state index contributed by atoms with van der Waals surface area (Å²) < 4.78 is 16.5.